The van der Waals surface area contributed by atoms with Gasteiger partial charge >= 0.3 is 11.9 Å². The van der Waals surface area contributed by atoms with Crippen molar-refractivity contribution in [2.24, 2.45) is 0 Å². The average Bonchev–Trinajstić information content (AvgIpc) is 2.76. The molecule has 2 aromatic rings. The number of nitro benzene ring substituents is 2. The third-order valence-corrected chi connectivity index (χ3v) is 5.59. The number of rotatable bonds is 12. The zero-order valence-electron chi connectivity index (χ0n) is 19.6. The van der Waals surface area contributed by atoms with E-state index in [1.807, 2.05) is 0 Å². The molecule has 196 valence electrons. The molecule has 0 aliphatic carbocycles. The average molecular weight is 545 g/mol. The lowest BCUT2D eigenvalue weighted by Gasteiger charge is -2.14. The quantitative estimate of drug-likeness (QED) is 0.297. The third-order valence-electron chi connectivity index (χ3n) is 4.88. The van der Waals surface area contributed by atoms with E-state index in [0.29, 0.717) is 47.1 Å². The number of hydrogen-bond donors (Lipinski definition) is 2. The molecule has 0 unspecified atom stereocenters. The Kier molecular flexibility index (Phi) is 12.7. The molecule has 0 heterocycles. The standard InChI is InChI=1S/2C11H13ClN2O4/c2*1-13(7-11(15)16)6-5-8-9(12)3-2-4-10(8)14(17)18/h2*2-4H,5-7H2,1H3,(H,15,16). The zero-order valence-corrected chi connectivity index (χ0v) is 21.1. The molecule has 0 radical (unpaired) electrons. The Morgan fingerprint density at radius 1 is 0.778 bits per heavy atom. The van der Waals surface area contributed by atoms with Crippen molar-refractivity contribution >= 4 is 46.5 Å². The van der Waals surface area contributed by atoms with Crippen LogP contribution in [-0.4, -0.2) is 82.1 Å². The minimum atomic E-state index is -0.939. The van der Waals surface area contributed by atoms with Crippen molar-refractivity contribution in [3.8, 4) is 0 Å². The topological polar surface area (TPSA) is 167 Å². The van der Waals surface area contributed by atoms with Gasteiger partial charge in [-0.15, -0.1) is 0 Å². The molecule has 2 rings (SSSR count). The van der Waals surface area contributed by atoms with Crippen LogP contribution in [0.5, 0.6) is 0 Å². The van der Waals surface area contributed by atoms with Crippen LogP contribution >= 0.6 is 23.2 Å². The monoisotopic (exact) mass is 544 g/mol. The largest absolute Gasteiger partial charge is 0.480 e. The summed E-state index contributed by atoms with van der Waals surface area (Å²) in [6.45, 7) is 0.546. The number of likely N-dealkylation sites (N-methyl/N-ethyl adjacent to an activating group) is 2. The predicted molar refractivity (Wildman–Crippen MR) is 134 cm³/mol. The summed E-state index contributed by atoms with van der Waals surface area (Å²) in [7, 11) is 3.27. The number of aliphatic carboxylic acids is 2. The Labute approximate surface area is 216 Å². The van der Waals surface area contributed by atoms with E-state index in [1.54, 1.807) is 36.0 Å². The van der Waals surface area contributed by atoms with Gasteiger partial charge < -0.3 is 10.2 Å². The van der Waals surface area contributed by atoms with Crippen LogP contribution in [0, 0.1) is 20.2 Å². The van der Waals surface area contributed by atoms with Crippen LogP contribution in [0.3, 0.4) is 0 Å². The lowest BCUT2D eigenvalue weighted by Crippen LogP contribution is -2.27. The first kappa shape index (κ1) is 30.7. The lowest BCUT2D eigenvalue weighted by molar-refractivity contribution is -0.385. The Morgan fingerprint density at radius 3 is 1.39 bits per heavy atom. The molecule has 0 aromatic heterocycles. The number of nitro groups is 2. The summed E-state index contributed by atoms with van der Waals surface area (Å²) in [6.07, 6.45) is 0.666. The SMILES string of the molecule is CN(CCc1c(Cl)cccc1[N+](=O)[O-])CC(=O)O.CN(CCc1c(Cl)cccc1[N+](=O)[O-])CC(=O)O. The van der Waals surface area contributed by atoms with Crippen molar-refractivity contribution in [2.45, 2.75) is 12.8 Å². The van der Waals surface area contributed by atoms with Crippen LogP contribution in [0.1, 0.15) is 11.1 Å². The van der Waals surface area contributed by atoms with Gasteiger partial charge in [-0.05, 0) is 39.1 Å². The van der Waals surface area contributed by atoms with E-state index in [0.717, 1.165) is 0 Å². The van der Waals surface area contributed by atoms with Crippen molar-refractivity contribution in [3.63, 3.8) is 0 Å². The predicted octanol–water partition coefficient (Wildman–Crippen LogP) is 3.61. The number of carboxylic acids is 2. The van der Waals surface area contributed by atoms with E-state index in [4.69, 9.17) is 33.4 Å². The van der Waals surface area contributed by atoms with Crippen molar-refractivity contribution in [1.82, 2.24) is 9.80 Å². The Hall–Kier alpha value is -3.32. The van der Waals surface area contributed by atoms with E-state index in [2.05, 4.69) is 0 Å². The highest BCUT2D eigenvalue weighted by atomic mass is 35.5. The highest BCUT2D eigenvalue weighted by molar-refractivity contribution is 6.32. The highest BCUT2D eigenvalue weighted by Crippen LogP contribution is 2.27. The van der Waals surface area contributed by atoms with Gasteiger partial charge in [-0.1, -0.05) is 35.3 Å². The second kappa shape index (κ2) is 14.9. The summed E-state index contributed by atoms with van der Waals surface area (Å²) in [5.41, 5.74) is 0.792. The molecule has 14 heteroatoms. The summed E-state index contributed by atoms with van der Waals surface area (Å²) >= 11 is 11.8. The second-order valence-corrected chi connectivity index (χ2v) is 8.57. The molecule has 0 fully saturated rings. The van der Waals surface area contributed by atoms with E-state index in [-0.39, 0.29) is 24.5 Å². The van der Waals surface area contributed by atoms with Gasteiger partial charge in [0.05, 0.1) is 33.0 Å². The molecule has 0 saturated carbocycles. The smallest absolute Gasteiger partial charge is 0.317 e. The Bertz CT molecular complexity index is 1010. The highest BCUT2D eigenvalue weighted by Gasteiger charge is 2.18. The summed E-state index contributed by atoms with van der Waals surface area (Å²) in [5.74, 6) is -1.88. The maximum absolute atomic E-state index is 10.8. The minimum Gasteiger partial charge on any atom is -0.480 e. The summed E-state index contributed by atoms with van der Waals surface area (Å²) in [4.78, 5) is 44.8. The van der Waals surface area contributed by atoms with Gasteiger partial charge in [-0.25, -0.2) is 0 Å². The van der Waals surface area contributed by atoms with Crippen LogP contribution in [0.15, 0.2) is 36.4 Å². The summed E-state index contributed by atoms with van der Waals surface area (Å²) in [5, 5.41) is 39.5. The first-order valence-corrected chi connectivity index (χ1v) is 11.2. The van der Waals surface area contributed by atoms with E-state index in [9.17, 15) is 29.8 Å². The van der Waals surface area contributed by atoms with Gasteiger partial charge in [0.15, 0.2) is 0 Å². The number of carboxylic acid groups (broad SMARTS) is 2. The van der Waals surface area contributed by atoms with Gasteiger partial charge in [-0.3, -0.25) is 39.6 Å². The molecule has 2 aromatic carbocycles. The summed E-state index contributed by atoms with van der Waals surface area (Å²) < 4.78 is 0. The maximum atomic E-state index is 10.8. The molecule has 0 bridgehead atoms. The molecule has 0 saturated heterocycles. The lowest BCUT2D eigenvalue weighted by atomic mass is 10.1. The van der Waals surface area contributed by atoms with Gasteiger partial charge in [0.2, 0.25) is 0 Å². The number of benzene rings is 2. The molecular weight excluding hydrogens is 519 g/mol. The van der Waals surface area contributed by atoms with Crippen LogP contribution < -0.4 is 0 Å². The minimum absolute atomic E-state index is 0.0359. The molecule has 0 atom stereocenters. The molecule has 36 heavy (non-hydrogen) atoms. The van der Waals surface area contributed by atoms with E-state index >= 15 is 0 Å². The number of nitrogens with zero attached hydrogens (tertiary/aromatic N) is 4. The Morgan fingerprint density at radius 2 is 1.11 bits per heavy atom. The van der Waals surface area contributed by atoms with Gasteiger partial charge in [0.25, 0.3) is 11.4 Å². The number of halogens is 2. The van der Waals surface area contributed by atoms with Crippen molar-refractivity contribution in [1.29, 1.82) is 0 Å². The van der Waals surface area contributed by atoms with Crippen LogP contribution in [-0.2, 0) is 22.4 Å². The fourth-order valence-electron chi connectivity index (χ4n) is 3.16. The molecular formula is C22H26Cl2N4O8. The van der Waals surface area contributed by atoms with E-state index in [1.165, 1.54) is 24.3 Å². The fraction of sp³-hybridized carbons (Fsp3) is 0.364. The van der Waals surface area contributed by atoms with Crippen LogP contribution in [0.4, 0.5) is 11.4 Å². The number of hydrogen-bond acceptors (Lipinski definition) is 8. The molecule has 0 spiro atoms. The van der Waals surface area contributed by atoms with Crippen molar-refractivity contribution in [2.75, 3.05) is 40.3 Å². The van der Waals surface area contributed by atoms with Crippen molar-refractivity contribution < 1.29 is 29.6 Å². The van der Waals surface area contributed by atoms with Crippen LogP contribution in [0.2, 0.25) is 10.0 Å². The molecule has 0 amide bonds. The summed E-state index contributed by atoms with van der Waals surface area (Å²) in [6, 6.07) is 8.98. The third kappa shape index (κ3) is 10.5. The maximum Gasteiger partial charge on any atom is 0.317 e. The van der Waals surface area contributed by atoms with Gasteiger partial charge in [-0.2, -0.15) is 0 Å². The first-order chi connectivity index (χ1) is 16.8. The molecule has 0 aliphatic heterocycles. The number of carbonyl (C=O) groups is 2. The molecule has 12 nitrogen and oxygen atoms in total. The normalized spacial score (nSPS) is 10.6. The molecule has 0 aliphatic rings. The van der Waals surface area contributed by atoms with Gasteiger partial charge in [0.1, 0.15) is 0 Å². The van der Waals surface area contributed by atoms with Crippen molar-refractivity contribution in [3.05, 3.63) is 77.8 Å². The van der Waals surface area contributed by atoms with Gasteiger partial charge in [0, 0.05) is 36.3 Å². The van der Waals surface area contributed by atoms with Crippen LogP contribution in [0.25, 0.3) is 0 Å². The molecule has 2 N–H and O–H groups in total. The second-order valence-electron chi connectivity index (χ2n) is 7.75. The van der Waals surface area contributed by atoms with E-state index < -0.39 is 21.8 Å². The fourth-order valence-corrected chi connectivity index (χ4v) is 3.68. The zero-order chi connectivity index (χ0) is 27.4. The first-order valence-electron chi connectivity index (χ1n) is 10.5. The Balaban J connectivity index is 0.000000360.